The number of likely N-dealkylation sites (N-methyl/N-ethyl adjacent to an activating group) is 1. The molecule has 3 heterocycles. The number of hydrogen-bond donors (Lipinski definition) is 1. The SMILES string of the molecule is CN1CCCN(C(=O)[C@@]23CCCCN2C[C@@H](NC(=O)c2ccccc2)C3)CC1. The van der Waals surface area contributed by atoms with E-state index in [0.717, 1.165) is 71.4 Å². The molecule has 0 aromatic heterocycles. The molecule has 152 valence electrons. The largest absolute Gasteiger partial charge is 0.348 e. The molecule has 6 nitrogen and oxygen atoms in total. The van der Waals surface area contributed by atoms with Crippen molar-refractivity contribution in [3.05, 3.63) is 35.9 Å². The second-order valence-corrected chi connectivity index (χ2v) is 8.62. The number of carbonyl (C=O) groups is 2. The fourth-order valence-corrected chi connectivity index (χ4v) is 5.16. The molecule has 3 aliphatic rings. The van der Waals surface area contributed by atoms with Crippen LogP contribution in [0.1, 0.15) is 42.5 Å². The molecule has 1 aromatic rings. The summed E-state index contributed by atoms with van der Waals surface area (Å²) in [4.78, 5) is 33.1. The summed E-state index contributed by atoms with van der Waals surface area (Å²) in [6.45, 7) is 5.38. The lowest BCUT2D eigenvalue weighted by Gasteiger charge is -2.43. The Kier molecular flexibility index (Phi) is 5.69. The van der Waals surface area contributed by atoms with Gasteiger partial charge in [-0.2, -0.15) is 0 Å². The van der Waals surface area contributed by atoms with E-state index in [4.69, 9.17) is 0 Å². The third kappa shape index (κ3) is 3.80. The van der Waals surface area contributed by atoms with Gasteiger partial charge in [-0.1, -0.05) is 18.2 Å². The van der Waals surface area contributed by atoms with Gasteiger partial charge < -0.3 is 15.1 Å². The number of benzene rings is 1. The van der Waals surface area contributed by atoms with Crippen molar-refractivity contribution in [3.63, 3.8) is 0 Å². The minimum Gasteiger partial charge on any atom is -0.348 e. The van der Waals surface area contributed by atoms with Crippen LogP contribution in [0.2, 0.25) is 0 Å². The molecule has 0 bridgehead atoms. The van der Waals surface area contributed by atoms with E-state index in [1.807, 2.05) is 30.3 Å². The maximum atomic E-state index is 13.7. The molecular weight excluding hydrogens is 352 g/mol. The standard InChI is InChI=1S/C22H32N4O2/c1-24-11-7-12-25(15-14-24)21(28)22-10-5-6-13-26(22)17-19(16-22)23-20(27)18-8-3-2-4-9-18/h2-4,8-9,19H,5-7,10-17H2,1H3,(H,23,27)/t19-,22-/m0/s1. The zero-order valence-electron chi connectivity index (χ0n) is 16.9. The number of fused-ring (bicyclic) bond motifs is 1. The van der Waals surface area contributed by atoms with Gasteiger partial charge in [-0.15, -0.1) is 0 Å². The smallest absolute Gasteiger partial charge is 0.251 e. The van der Waals surface area contributed by atoms with Gasteiger partial charge in [-0.05, 0) is 64.4 Å². The van der Waals surface area contributed by atoms with Gasteiger partial charge in [0.05, 0.1) is 0 Å². The molecule has 0 radical (unpaired) electrons. The molecule has 6 heteroatoms. The maximum absolute atomic E-state index is 13.7. The normalized spacial score (nSPS) is 29.2. The highest BCUT2D eigenvalue weighted by atomic mass is 16.2. The second kappa shape index (κ2) is 8.21. The number of rotatable bonds is 3. The average molecular weight is 385 g/mol. The van der Waals surface area contributed by atoms with Crippen molar-refractivity contribution in [2.45, 2.75) is 43.7 Å². The predicted octanol–water partition coefficient (Wildman–Crippen LogP) is 1.58. The number of nitrogens with one attached hydrogen (secondary N) is 1. The highest BCUT2D eigenvalue weighted by molar-refractivity contribution is 5.94. The van der Waals surface area contributed by atoms with E-state index in [0.29, 0.717) is 11.5 Å². The van der Waals surface area contributed by atoms with E-state index in [1.54, 1.807) is 0 Å². The van der Waals surface area contributed by atoms with Crippen LogP contribution >= 0.6 is 0 Å². The van der Waals surface area contributed by atoms with Gasteiger partial charge in [0, 0.05) is 37.8 Å². The number of nitrogens with zero attached hydrogens (tertiary/aromatic N) is 3. The van der Waals surface area contributed by atoms with E-state index in [1.165, 1.54) is 0 Å². The van der Waals surface area contributed by atoms with E-state index in [-0.39, 0.29) is 11.9 Å². The summed E-state index contributed by atoms with van der Waals surface area (Å²) in [6, 6.07) is 9.39. The van der Waals surface area contributed by atoms with Gasteiger partial charge in [0.25, 0.3) is 5.91 Å². The molecule has 0 saturated carbocycles. The van der Waals surface area contributed by atoms with Crippen LogP contribution in [0.15, 0.2) is 30.3 Å². The molecule has 1 aromatic carbocycles. The summed E-state index contributed by atoms with van der Waals surface area (Å²) in [7, 11) is 2.13. The quantitative estimate of drug-likeness (QED) is 0.860. The maximum Gasteiger partial charge on any atom is 0.251 e. The molecule has 3 aliphatic heterocycles. The van der Waals surface area contributed by atoms with Gasteiger partial charge in [0.1, 0.15) is 5.54 Å². The highest BCUT2D eigenvalue weighted by Gasteiger charge is 2.53. The second-order valence-electron chi connectivity index (χ2n) is 8.62. The van der Waals surface area contributed by atoms with Crippen LogP contribution in [0.4, 0.5) is 0 Å². The van der Waals surface area contributed by atoms with Crippen molar-refractivity contribution in [2.24, 2.45) is 0 Å². The minimum absolute atomic E-state index is 0.0319. The topological polar surface area (TPSA) is 55.9 Å². The highest BCUT2D eigenvalue weighted by Crippen LogP contribution is 2.39. The molecule has 4 rings (SSSR count). The molecule has 0 unspecified atom stereocenters. The summed E-state index contributed by atoms with van der Waals surface area (Å²) in [5.41, 5.74) is 0.263. The summed E-state index contributed by atoms with van der Waals surface area (Å²) in [5.74, 6) is 0.253. The average Bonchev–Trinajstić information content (AvgIpc) is 2.95. The van der Waals surface area contributed by atoms with Gasteiger partial charge in [0.15, 0.2) is 0 Å². The third-order valence-electron chi connectivity index (χ3n) is 6.67. The first-order valence-electron chi connectivity index (χ1n) is 10.7. The van der Waals surface area contributed by atoms with Crippen LogP contribution in [0.3, 0.4) is 0 Å². The lowest BCUT2D eigenvalue weighted by atomic mass is 9.84. The number of amides is 2. The fraction of sp³-hybridized carbons (Fsp3) is 0.636. The minimum atomic E-state index is -0.421. The molecule has 0 spiro atoms. The van der Waals surface area contributed by atoms with Crippen molar-refractivity contribution >= 4 is 11.8 Å². The van der Waals surface area contributed by atoms with E-state index in [9.17, 15) is 9.59 Å². The van der Waals surface area contributed by atoms with Crippen LogP contribution < -0.4 is 5.32 Å². The summed E-state index contributed by atoms with van der Waals surface area (Å²) < 4.78 is 0. The zero-order chi connectivity index (χ0) is 19.6. The molecular formula is C22H32N4O2. The van der Waals surface area contributed by atoms with E-state index < -0.39 is 5.54 Å². The van der Waals surface area contributed by atoms with E-state index in [2.05, 4.69) is 27.1 Å². The molecule has 3 fully saturated rings. The fourth-order valence-electron chi connectivity index (χ4n) is 5.16. The Labute approximate surface area is 167 Å². The Hall–Kier alpha value is -1.92. The molecule has 2 atom stereocenters. The molecule has 2 amide bonds. The van der Waals surface area contributed by atoms with Crippen LogP contribution in [0.25, 0.3) is 0 Å². The molecule has 3 saturated heterocycles. The number of carbonyl (C=O) groups excluding carboxylic acids is 2. The summed E-state index contributed by atoms with van der Waals surface area (Å²) in [5, 5.41) is 3.19. The van der Waals surface area contributed by atoms with Crippen molar-refractivity contribution in [2.75, 3.05) is 46.3 Å². The van der Waals surface area contributed by atoms with Gasteiger partial charge in [-0.25, -0.2) is 0 Å². The van der Waals surface area contributed by atoms with Gasteiger partial charge in [0.2, 0.25) is 5.91 Å². The van der Waals surface area contributed by atoms with Crippen molar-refractivity contribution in [3.8, 4) is 0 Å². The Bertz CT molecular complexity index is 710. The van der Waals surface area contributed by atoms with Crippen LogP contribution in [-0.4, -0.2) is 84.4 Å². The number of hydrogen-bond acceptors (Lipinski definition) is 4. The van der Waals surface area contributed by atoms with Crippen LogP contribution in [-0.2, 0) is 4.79 Å². The first-order chi connectivity index (χ1) is 13.6. The van der Waals surface area contributed by atoms with Crippen LogP contribution in [0, 0.1) is 0 Å². The van der Waals surface area contributed by atoms with Gasteiger partial charge in [-0.3, -0.25) is 14.5 Å². The summed E-state index contributed by atoms with van der Waals surface area (Å²) >= 11 is 0. The first-order valence-corrected chi connectivity index (χ1v) is 10.7. The van der Waals surface area contributed by atoms with Gasteiger partial charge >= 0.3 is 0 Å². The molecule has 1 N–H and O–H groups in total. The van der Waals surface area contributed by atoms with E-state index >= 15 is 0 Å². The van der Waals surface area contributed by atoms with Crippen molar-refractivity contribution in [1.29, 1.82) is 0 Å². The monoisotopic (exact) mass is 384 g/mol. The Morgan fingerprint density at radius 2 is 1.82 bits per heavy atom. The van der Waals surface area contributed by atoms with Crippen LogP contribution in [0.5, 0.6) is 0 Å². The Morgan fingerprint density at radius 3 is 2.64 bits per heavy atom. The number of piperidine rings is 1. The predicted molar refractivity (Wildman–Crippen MR) is 109 cm³/mol. The first kappa shape index (κ1) is 19.4. The zero-order valence-corrected chi connectivity index (χ0v) is 16.9. The molecule has 28 heavy (non-hydrogen) atoms. The Balaban J connectivity index is 1.48. The lowest BCUT2D eigenvalue weighted by Crippen LogP contribution is -2.59. The van der Waals surface area contributed by atoms with Crippen molar-refractivity contribution < 1.29 is 9.59 Å². The Morgan fingerprint density at radius 1 is 1.00 bits per heavy atom. The molecule has 0 aliphatic carbocycles. The third-order valence-corrected chi connectivity index (χ3v) is 6.67. The summed E-state index contributed by atoms with van der Waals surface area (Å²) in [6.07, 6.45) is 4.91. The lowest BCUT2D eigenvalue weighted by molar-refractivity contribution is -0.145. The van der Waals surface area contributed by atoms with Crippen molar-refractivity contribution in [1.82, 2.24) is 20.0 Å².